The van der Waals surface area contributed by atoms with Crippen LogP contribution in [0.4, 0.5) is 4.39 Å². The fourth-order valence-corrected chi connectivity index (χ4v) is 2.39. The van der Waals surface area contributed by atoms with Gasteiger partial charge < -0.3 is 19.5 Å². The highest BCUT2D eigenvalue weighted by Gasteiger charge is 2.12. The summed E-state index contributed by atoms with van der Waals surface area (Å²) >= 11 is 0. The van der Waals surface area contributed by atoms with Crippen molar-refractivity contribution in [3.8, 4) is 11.3 Å². The topological polar surface area (TPSA) is 97.4 Å². The molecule has 7 nitrogen and oxygen atoms in total. The largest absolute Gasteiger partial charge is 0.459 e. The van der Waals surface area contributed by atoms with Crippen molar-refractivity contribution >= 4 is 11.8 Å². The molecule has 0 atom stereocenters. The Balaban J connectivity index is 1.38. The number of aryl methyl sites for hydroxylation is 1. The molecule has 8 heteroatoms. The SMILES string of the molecule is O=C(CCc1ncc(-c2ccccc2F)o1)NCCNC(=O)c1ccco1. The molecule has 2 aromatic heterocycles. The Labute approximate surface area is 154 Å². The molecule has 2 amide bonds. The van der Waals surface area contributed by atoms with Crippen LogP contribution in [0, 0.1) is 5.82 Å². The quantitative estimate of drug-likeness (QED) is 0.593. The summed E-state index contributed by atoms with van der Waals surface area (Å²) in [5.41, 5.74) is 0.327. The number of carbonyl (C=O) groups is 2. The summed E-state index contributed by atoms with van der Waals surface area (Å²) in [6, 6.07) is 9.42. The molecule has 0 saturated heterocycles. The second-order valence-corrected chi connectivity index (χ2v) is 5.68. The molecule has 0 aliphatic heterocycles. The van der Waals surface area contributed by atoms with Gasteiger partial charge in [0.05, 0.1) is 18.0 Å². The number of benzene rings is 1. The van der Waals surface area contributed by atoms with Crippen molar-refractivity contribution in [3.63, 3.8) is 0 Å². The molecule has 0 fully saturated rings. The van der Waals surface area contributed by atoms with Gasteiger partial charge in [0.15, 0.2) is 17.4 Å². The molecule has 0 unspecified atom stereocenters. The first-order chi connectivity index (χ1) is 13.1. The average molecular weight is 371 g/mol. The minimum Gasteiger partial charge on any atom is -0.459 e. The second kappa shape index (κ2) is 8.79. The third kappa shape index (κ3) is 5.04. The number of nitrogens with zero attached hydrogens (tertiary/aromatic N) is 1. The minimum absolute atomic E-state index is 0.170. The van der Waals surface area contributed by atoms with E-state index in [1.807, 2.05) is 0 Å². The van der Waals surface area contributed by atoms with E-state index in [-0.39, 0.29) is 37.1 Å². The van der Waals surface area contributed by atoms with Crippen molar-refractivity contribution < 1.29 is 22.8 Å². The van der Waals surface area contributed by atoms with Gasteiger partial charge in [-0.3, -0.25) is 9.59 Å². The second-order valence-electron chi connectivity index (χ2n) is 5.68. The highest BCUT2D eigenvalue weighted by Crippen LogP contribution is 2.23. The third-order valence-electron chi connectivity index (χ3n) is 3.74. The summed E-state index contributed by atoms with van der Waals surface area (Å²) in [4.78, 5) is 27.6. The Kier molecular flexibility index (Phi) is 5.98. The molecule has 0 radical (unpaired) electrons. The molecule has 1 aromatic carbocycles. The zero-order valence-corrected chi connectivity index (χ0v) is 14.4. The van der Waals surface area contributed by atoms with Gasteiger partial charge in [0, 0.05) is 25.9 Å². The summed E-state index contributed by atoms with van der Waals surface area (Å²) < 4.78 is 24.2. The normalized spacial score (nSPS) is 10.6. The van der Waals surface area contributed by atoms with Crippen LogP contribution >= 0.6 is 0 Å². The molecule has 0 aliphatic carbocycles. The van der Waals surface area contributed by atoms with E-state index in [1.54, 1.807) is 30.3 Å². The van der Waals surface area contributed by atoms with Crippen molar-refractivity contribution in [2.45, 2.75) is 12.8 Å². The number of hydrogen-bond acceptors (Lipinski definition) is 5. The summed E-state index contributed by atoms with van der Waals surface area (Å²) in [6.45, 7) is 0.569. The van der Waals surface area contributed by atoms with Crippen LogP contribution in [0.3, 0.4) is 0 Å². The molecular weight excluding hydrogens is 353 g/mol. The number of halogens is 1. The Morgan fingerprint density at radius 1 is 1.07 bits per heavy atom. The van der Waals surface area contributed by atoms with Crippen LogP contribution in [0.2, 0.25) is 0 Å². The van der Waals surface area contributed by atoms with E-state index in [9.17, 15) is 14.0 Å². The lowest BCUT2D eigenvalue weighted by molar-refractivity contribution is -0.121. The van der Waals surface area contributed by atoms with Gasteiger partial charge in [-0.25, -0.2) is 9.37 Å². The van der Waals surface area contributed by atoms with Crippen molar-refractivity contribution in [1.82, 2.24) is 15.6 Å². The summed E-state index contributed by atoms with van der Waals surface area (Å²) in [5, 5.41) is 5.31. The first-order valence-corrected chi connectivity index (χ1v) is 8.41. The average Bonchev–Trinajstić information content (AvgIpc) is 3.35. The molecule has 0 spiro atoms. The lowest BCUT2D eigenvalue weighted by Gasteiger charge is -2.05. The van der Waals surface area contributed by atoms with Crippen LogP contribution in [-0.4, -0.2) is 29.9 Å². The number of carbonyl (C=O) groups excluding carboxylic acids is 2. The van der Waals surface area contributed by atoms with Gasteiger partial charge in [-0.2, -0.15) is 0 Å². The maximum Gasteiger partial charge on any atom is 0.287 e. The first-order valence-electron chi connectivity index (χ1n) is 8.41. The van der Waals surface area contributed by atoms with Crippen LogP contribution in [0.1, 0.15) is 22.9 Å². The fraction of sp³-hybridized carbons (Fsp3) is 0.211. The van der Waals surface area contributed by atoms with Gasteiger partial charge in [-0.05, 0) is 24.3 Å². The van der Waals surface area contributed by atoms with Gasteiger partial charge in [-0.15, -0.1) is 0 Å². The molecule has 3 rings (SSSR count). The summed E-state index contributed by atoms with van der Waals surface area (Å²) in [6.07, 6.45) is 3.31. The van der Waals surface area contributed by atoms with Crippen molar-refractivity contribution in [3.05, 3.63) is 66.3 Å². The number of nitrogens with one attached hydrogen (secondary N) is 2. The molecule has 2 N–H and O–H groups in total. The zero-order valence-electron chi connectivity index (χ0n) is 14.4. The van der Waals surface area contributed by atoms with E-state index in [0.717, 1.165) is 0 Å². The number of oxazole rings is 1. The van der Waals surface area contributed by atoms with Gasteiger partial charge in [0.2, 0.25) is 5.91 Å². The molecule has 27 heavy (non-hydrogen) atoms. The number of rotatable bonds is 8. The Morgan fingerprint density at radius 2 is 1.89 bits per heavy atom. The first kappa shape index (κ1) is 18.4. The summed E-state index contributed by atoms with van der Waals surface area (Å²) in [5.74, 6) is -0.0355. The van der Waals surface area contributed by atoms with Crippen LogP contribution in [0.15, 0.2) is 57.7 Å². The smallest absolute Gasteiger partial charge is 0.287 e. The van der Waals surface area contributed by atoms with Crippen LogP contribution in [0.5, 0.6) is 0 Å². The Bertz CT molecular complexity index is 905. The van der Waals surface area contributed by atoms with Crippen LogP contribution in [0.25, 0.3) is 11.3 Å². The predicted molar refractivity (Wildman–Crippen MR) is 94.3 cm³/mol. The molecule has 140 valence electrons. The minimum atomic E-state index is -0.394. The van der Waals surface area contributed by atoms with E-state index in [1.165, 1.54) is 18.5 Å². The zero-order chi connectivity index (χ0) is 19.1. The third-order valence-corrected chi connectivity index (χ3v) is 3.74. The van der Waals surface area contributed by atoms with E-state index >= 15 is 0 Å². The molecule has 2 heterocycles. The number of hydrogen-bond donors (Lipinski definition) is 2. The monoisotopic (exact) mass is 371 g/mol. The standard InChI is InChI=1S/C19H18FN3O4/c20-14-5-2-1-4-13(14)16-12-23-18(27-16)8-7-17(24)21-9-10-22-19(25)15-6-3-11-26-15/h1-6,11-12H,7-10H2,(H,21,24)(H,22,25). The number of furan rings is 1. The Morgan fingerprint density at radius 3 is 2.67 bits per heavy atom. The summed E-state index contributed by atoms with van der Waals surface area (Å²) in [7, 11) is 0. The lowest BCUT2D eigenvalue weighted by Crippen LogP contribution is -2.34. The van der Waals surface area contributed by atoms with Gasteiger partial charge >= 0.3 is 0 Å². The molecule has 3 aromatic rings. The van der Waals surface area contributed by atoms with Gasteiger partial charge in [0.1, 0.15) is 5.82 Å². The Hall–Kier alpha value is -3.42. The van der Waals surface area contributed by atoms with E-state index in [4.69, 9.17) is 8.83 Å². The molecule has 0 aliphatic rings. The van der Waals surface area contributed by atoms with Crippen LogP contribution in [-0.2, 0) is 11.2 Å². The van der Waals surface area contributed by atoms with Gasteiger partial charge in [-0.1, -0.05) is 12.1 Å². The van der Waals surface area contributed by atoms with Gasteiger partial charge in [0.25, 0.3) is 5.91 Å². The van der Waals surface area contributed by atoms with E-state index in [0.29, 0.717) is 23.6 Å². The fourth-order valence-electron chi connectivity index (χ4n) is 2.39. The maximum absolute atomic E-state index is 13.7. The highest BCUT2D eigenvalue weighted by atomic mass is 19.1. The number of amides is 2. The van der Waals surface area contributed by atoms with Crippen LogP contribution < -0.4 is 10.6 Å². The maximum atomic E-state index is 13.7. The number of aromatic nitrogens is 1. The predicted octanol–water partition coefficient (Wildman–Crippen LogP) is 2.55. The molecule has 0 bridgehead atoms. The molecule has 0 saturated carbocycles. The van der Waals surface area contributed by atoms with Crippen molar-refractivity contribution in [2.75, 3.05) is 13.1 Å². The van der Waals surface area contributed by atoms with Crippen molar-refractivity contribution in [1.29, 1.82) is 0 Å². The van der Waals surface area contributed by atoms with E-state index < -0.39 is 5.82 Å². The van der Waals surface area contributed by atoms with E-state index in [2.05, 4.69) is 15.6 Å². The lowest BCUT2D eigenvalue weighted by atomic mass is 10.2. The van der Waals surface area contributed by atoms with Crippen molar-refractivity contribution in [2.24, 2.45) is 0 Å². The highest BCUT2D eigenvalue weighted by molar-refractivity contribution is 5.91. The molecular formula is C19H18FN3O4.